The van der Waals surface area contributed by atoms with Crippen LogP contribution in [0, 0.1) is 0 Å². The van der Waals surface area contributed by atoms with Gasteiger partial charge in [-0.1, -0.05) is 44.5 Å². The van der Waals surface area contributed by atoms with E-state index in [-0.39, 0.29) is 0 Å². The molecule has 0 aliphatic heterocycles. The van der Waals surface area contributed by atoms with Crippen molar-refractivity contribution in [3.63, 3.8) is 0 Å². The number of carboxylic acid groups (broad SMARTS) is 1. The molecule has 0 spiro atoms. The van der Waals surface area contributed by atoms with Crippen molar-refractivity contribution in [3.8, 4) is 10.6 Å². The van der Waals surface area contributed by atoms with Gasteiger partial charge in [0.25, 0.3) is 0 Å². The van der Waals surface area contributed by atoms with Crippen molar-refractivity contribution in [1.82, 2.24) is 4.98 Å². The topological polar surface area (TPSA) is 50.2 Å². The molecule has 1 N–H and O–H groups in total. The molecule has 0 radical (unpaired) electrons. The summed E-state index contributed by atoms with van der Waals surface area (Å²) in [5.41, 5.74) is 2.97. The van der Waals surface area contributed by atoms with Gasteiger partial charge in [0, 0.05) is 5.56 Å². The second kappa shape index (κ2) is 5.97. The van der Waals surface area contributed by atoms with E-state index in [4.69, 9.17) is 0 Å². The van der Waals surface area contributed by atoms with Crippen LogP contribution < -0.4 is 0 Å². The number of thiazole rings is 1. The van der Waals surface area contributed by atoms with Gasteiger partial charge in [-0.25, -0.2) is 9.78 Å². The summed E-state index contributed by atoms with van der Waals surface area (Å²) in [5.74, 6) is -0.877. The van der Waals surface area contributed by atoms with Crippen LogP contribution in [-0.2, 0) is 12.8 Å². The van der Waals surface area contributed by atoms with E-state index >= 15 is 0 Å². The molecule has 3 nitrogen and oxygen atoms in total. The van der Waals surface area contributed by atoms with Gasteiger partial charge < -0.3 is 5.11 Å². The van der Waals surface area contributed by atoms with Crippen molar-refractivity contribution in [1.29, 1.82) is 0 Å². The SMILES string of the molecule is CCCc1nc(-c2ccc(CC)cc2)sc1C(=O)O. The van der Waals surface area contributed by atoms with Crippen molar-refractivity contribution in [2.45, 2.75) is 33.1 Å². The highest BCUT2D eigenvalue weighted by Gasteiger charge is 2.17. The zero-order chi connectivity index (χ0) is 13.8. The molecular formula is C15H17NO2S. The van der Waals surface area contributed by atoms with E-state index in [1.54, 1.807) is 0 Å². The molecule has 0 amide bonds. The van der Waals surface area contributed by atoms with Crippen molar-refractivity contribution >= 4 is 17.3 Å². The molecule has 2 rings (SSSR count). The number of nitrogens with zero attached hydrogens (tertiary/aromatic N) is 1. The van der Waals surface area contributed by atoms with Crippen molar-refractivity contribution in [3.05, 3.63) is 40.4 Å². The summed E-state index contributed by atoms with van der Waals surface area (Å²) in [5, 5.41) is 10.0. The fourth-order valence-corrected chi connectivity index (χ4v) is 2.89. The Morgan fingerprint density at radius 1 is 1.26 bits per heavy atom. The van der Waals surface area contributed by atoms with Crippen LogP contribution in [0.3, 0.4) is 0 Å². The van der Waals surface area contributed by atoms with Crippen LogP contribution in [0.1, 0.15) is 41.2 Å². The Morgan fingerprint density at radius 2 is 1.95 bits per heavy atom. The van der Waals surface area contributed by atoms with Crippen LogP contribution in [0.5, 0.6) is 0 Å². The van der Waals surface area contributed by atoms with Crippen molar-refractivity contribution in [2.75, 3.05) is 0 Å². The number of aryl methyl sites for hydroxylation is 2. The first kappa shape index (κ1) is 13.7. The van der Waals surface area contributed by atoms with Gasteiger partial charge in [0.1, 0.15) is 9.88 Å². The third-order valence-electron chi connectivity index (χ3n) is 2.99. The first-order valence-corrected chi connectivity index (χ1v) is 7.29. The molecule has 19 heavy (non-hydrogen) atoms. The summed E-state index contributed by atoms with van der Waals surface area (Å²) in [6.07, 6.45) is 2.61. The molecule has 0 fully saturated rings. The standard InChI is InChI=1S/C15H17NO2S/c1-3-5-12-13(15(17)18)19-14(16-12)11-8-6-10(4-2)7-9-11/h6-9H,3-5H2,1-2H3,(H,17,18). The second-order valence-corrected chi connectivity index (χ2v) is 5.40. The summed E-state index contributed by atoms with van der Waals surface area (Å²) in [7, 11) is 0. The van der Waals surface area contributed by atoms with Crippen LogP contribution in [0.25, 0.3) is 10.6 Å². The van der Waals surface area contributed by atoms with E-state index in [1.165, 1.54) is 16.9 Å². The summed E-state index contributed by atoms with van der Waals surface area (Å²) >= 11 is 1.26. The molecule has 1 aromatic heterocycles. The smallest absolute Gasteiger partial charge is 0.347 e. The molecule has 2 aromatic rings. The van der Waals surface area contributed by atoms with E-state index in [0.717, 1.165) is 23.4 Å². The average Bonchev–Trinajstić information content (AvgIpc) is 2.83. The van der Waals surface area contributed by atoms with Gasteiger partial charge in [-0.15, -0.1) is 11.3 Å². The molecule has 1 heterocycles. The Kier molecular flexibility index (Phi) is 4.32. The van der Waals surface area contributed by atoms with Crippen LogP contribution in [0.15, 0.2) is 24.3 Å². The third kappa shape index (κ3) is 3.01. The molecule has 0 aliphatic carbocycles. The predicted octanol–water partition coefficient (Wildman–Crippen LogP) is 4.02. The highest BCUT2D eigenvalue weighted by molar-refractivity contribution is 7.17. The lowest BCUT2D eigenvalue weighted by molar-refractivity contribution is 0.0700. The number of carboxylic acids is 1. The van der Waals surface area contributed by atoms with E-state index in [2.05, 4.69) is 24.0 Å². The Bertz CT molecular complexity index is 572. The number of rotatable bonds is 5. The maximum Gasteiger partial charge on any atom is 0.347 e. The van der Waals surface area contributed by atoms with E-state index in [9.17, 15) is 9.90 Å². The van der Waals surface area contributed by atoms with Gasteiger partial charge in [0.05, 0.1) is 5.69 Å². The average molecular weight is 275 g/mol. The number of hydrogen-bond donors (Lipinski definition) is 1. The van der Waals surface area contributed by atoms with E-state index in [0.29, 0.717) is 17.0 Å². The lowest BCUT2D eigenvalue weighted by Crippen LogP contribution is -1.98. The van der Waals surface area contributed by atoms with Crippen molar-refractivity contribution in [2.24, 2.45) is 0 Å². The van der Waals surface area contributed by atoms with Crippen LogP contribution in [0.2, 0.25) is 0 Å². The molecule has 0 unspecified atom stereocenters. The van der Waals surface area contributed by atoms with Gasteiger partial charge in [-0.2, -0.15) is 0 Å². The minimum Gasteiger partial charge on any atom is -0.477 e. The van der Waals surface area contributed by atoms with Gasteiger partial charge in [-0.3, -0.25) is 0 Å². The van der Waals surface area contributed by atoms with Gasteiger partial charge in [0.15, 0.2) is 0 Å². The summed E-state index contributed by atoms with van der Waals surface area (Å²) in [6.45, 7) is 4.14. The first-order valence-electron chi connectivity index (χ1n) is 6.48. The number of aromatic carboxylic acids is 1. The first-order chi connectivity index (χ1) is 9.15. The van der Waals surface area contributed by atoms with Crippen LogP contribution >= 0.6 is 11.3 Å². The molecule has 0 saturated heterocycles. The molecule has 0 atom stereocenters. The largest absolute Gasteiger partial charge is 0.477 e. The van der Waals surface area contributed by atoms with Crippen LogP contribution in [-0.4, -0.2) is 16.1 Å². The van der Waals surface area contributed by atoms with E-state index < -0.39 is 5.97 Å². The number of hydrogen-bond acceptors (Lipinski definition) is 3. The fourth-order valence-electron chi connectivity index (χ4n) is 1.93. The van der Waals surface area contributed by atoms with E-state index in [1.807, 2.05) is 19.1 Å². The quantitative estimate of drug-likeness (QED) is 0.896. The molecular weight excluding hydrogens is 258 g/mol. The monoisotopic (exact) mass is 275 g/mol. The summed E-state index contributed by atoms with van der Waals surface area (Å²) in [6, 6.07) is 8.16. The highest BCUT2D eigenvalue weighted by atomic mass is 32.1. The number of benzene rings is 1. The number of aromatic nitrogens is 1. The Morgan fingerprint density at radius 3 is 2.47 bits per heavy atom. The number of carbonyl (C=O) groups is 1. The normalized spacial score (nSPS) is 10.6. The molecule has 100 valence electrons. The van der Waals surface area contributed by atoms with Gasteiger partial charge in [0.2, 0.25) is 0 Å². The minimum absolute atomic E-state index is 0.372. The lowest BCUT2D eigenvalue weighted by Gasteiger charge is -1.98. The minimum atomic E-state index is -0.877. The fraction of sp³-hybridized carbons (Fsp3) is 0.333. The van der Waals surface area contributed by atoms with Gasteiger partial charge in [-0.05, 0) is 18.4 Å². The highest BCUT2D eigenvalue weighted by Crippen LogP contribution is 2.29. The van der Waals surface area contributed by atoms with Crippen LogP contribution in [0.4, 0.5) is 0 Å². The Hall–Kier alpha value is -1.68. The van der Waals surface area contributed by atoms with Crippen molar-refractivity contribution < 1.29 is 9.90 Å². The Labute approximate surface area is 116 Å². The second-order valence-electron chi connectivity index (χ2n) is 4.40. The maximum absolute atomic E-state index is 11.2. The molecule has 0 saturated carbocycles. The summed E-state index contributed by atoms with van der Waals surface area (Å²) < 4.78 is 0. The lowest BCUT2D eigenvalue weighted by atomic mass is 10.1. The van der Waals surface area contributed by atoms with Gasteiger partial charge >= 0.3 is 5.97 Å². The maximum atomic E-state index is 11.2. The summed E-state index contributed by atoms with van der Waals surface area (Å²) in [4.78, 5) is 16.1. The third-order valence-corrected chi connectivity index (χ3v) is 4.12. The molecule has 4 heteroatoms. The zero-order valence-electron chi connectivity index (χ0n) is 11.1. The zero-order valence-corrected chi connectivity index (χ0v) is 12.0. The molecule has 1 aromatic carbocycles. The Balaban J connectivity index is 2.38. The molecule has 0 bridgehead atoms. The molecule has 0 aliphatic rings. The predicted molar refractivity (Wildman–Crippen MR) is 77.9 cm³/mol.